The highest BCUT2D eigenvalue weighted by molar-refractivity contribution is 5.86. The van der Waals surface area contributed by atoms with Crippen LogP contribution < -0.4 is 21.4 Å². The molecule has 0 radical (unpaired) electrons. The lowest BCUT2D eigenvalue weighted by Crippen LogP contribution is -2.57. The van der Waals surface area contributed by atoms with Gasteiger partial charge in [0.2, 0.25) is 5.91 Å². The normalized spacial score (nSPS) is 14.2. The number of benzene rings is 1. The lowest BCUT2D eigenvalue weighted by molar-refractivity contribution is -0.132. The molecule has 0 fully saturated rings. The lowest BCUT2D eigenvalue weighted by atomic mass is 9.86. The molecule has 0 bridgehead atoms. The predicted molar refractivity (Wildman–Crippen MR) is 157 cm³/mol. The van der Waals surface area contributed by atoms with Crippen molar-refractivity contribution in [2.75, 3.05) is 27.2 Å². The van der Waals surface area contributed by atoms with Gasteiger partial charge in [-0.2, -0.15) is 5.10 Å². The minimum absolute atomic E-state index is 0.245. The number of ether oxygens (including phenoxy) is 1. The summed E-state index contributed by atoms with van der Waals surface area (Å²) in [4.78, 5) is 37.8. The van der Waals surface area contributed by atoms with E-state index in [4.69, 9.17) is 0 Å². The van der Waals surface area contributed by atoms with E-state index in [0.717, 1.165) is 12.1 Å². The molecule has 14 heteroatoms. The number of hydrogen-bond donors (Lipinski definition) is 5. The van der Waals surface area contributed by atoms with E-state index < -0.39 is 65.1 Å². The van der Waals surface area contributed by atoms with E-state index in [1.807, 2.05) is 20.8 Å². The van der Waals surface area contributed by atoms with Crippen molar-refractivity contribution in [2.45, 2.75) is 66.3 Å². The summed E-state index contributed by atoms with van der Waals surface area (Å²) < 4.78 is 36.6. The quantitative estimate of drug-likeness (QED) is 0.230. The number of carbonyl (C=O) groups excluding carboxylic acids is 3. The molecule has 0 saturated heterocycles. The molecule has 1 aromatic heterocycles. The number of nitrogens with one attached hydrogen (secondary N) is 4. The number of aromatic nitrogens is 2. The topological polar surface area (TPSA) is 150 Å². The van der Waals surface area contributed by atoms with Crippen molar-refractivity contribution in [1.82, 2.24) is 36.2 Å². The molecule has 3 atom stereocenters. The minimum Gasteiger partial charge on any atom is -0.453 e. The molecule has 3 amide bonds. The van der Waals surface area contributed by atoms with Gasteiger partial charge in [0.15, 0.2) is 0 Å². The summed E-state index contributed by atoms with van der Waals surface area (Å²) >= 11 is 0. The summed E-state index contributed by atoms with van der Waals surface area (Å²) in [5, 5.41) is 24.2. The van der Waals surface area contributed by atoms with Crippen LogP contribution in [0.2, 0.25) is 0 Å². The van der Waals surface area contributed by atoms with Gasteiger partial charge in [0, 0.05) is 44.0 Å². The molecule has 0 aliphatic rings. The molecule has 0 saturated carbocycles. The van der Waals surface area contributed by atoms with Crippen LogP contribution >= 0.6 is 0 Å². The van der Waals surface area contributed by atoms with Gasteiger partial charge in [-0.3, -0.25) is 19.7 Å². The van der Waals surface area contributed by atoms with Gasteiger partial charge in [-0.15, -0.1) is 0 Å². The van der Waals surface area contributed by atoms with Crippen LogP contribution in [0.4, 0.5) is 13.6 Å². The van der Waals surface area contributed by atoms with Gasteiger partial charge in [-0.05, 0) is 36.1 Å². The number of methoxy groups -OCH3 is 1. The highest BCUT2D eigenvalue weighted by Crippen LogP contribution is 2.25. The Bertz CT molecular complexity index is 1250. The molecule has 1 aromatic carbocycles. The van der Waals surface area contributed by atoms with Gasteiger partial charge in [-0.1, -0.05) is 41.5 Å². The maximum Gasteiger partial charge on any atom is 0.407 e. The zero-order valence-corrected chi connectivity index (χ0v) is 26.3. The number of alkyl carbamates (subject to hydrolysis) is 1. The van der Waals surface area contributed by atoms with Crippen molar-refractivity contribution < 1.29 is 33.0 Å². The Hall–Kier alpha value is -3.62. The number of carbonyl (C=O) groups is 3. The zero-order valence-electron chi connectivity index (χ0n) is 26.3. The van der Waals surface area contributed by atoms with E-state index in [1.54, 1.807) is 47.1 Å². The Morgan fingerprint density at radius 2 is 1.63 bits per heavy atom. The van der Waals surface area contributed by atoms with Gasteiger partial charge >= 0.3 is 6.09 Å². The minimum atomic E-state index is -1.27. The van der Waals surface area contributed by atoms with Gasteiger partial charge < -0.3 is 25.8 Å². The summed E-state index contributed by atoms with van der Waals surface area (Å²) in [5.41, 5.74) is 1.77. The first-order chi connectivity index (χ1) is 19.9. The van der Waals surface area contributed by atoms with Crippen LogP contribution in [-0.4, -0.2) is 83.2 Å². The number of nitrogens with zero attached hydrogens (tertiary/aromatic N) is 3. The van der Waals surface area contributed by atoms with Crippen molar-refractivity contribution in [3.05, 3.63) is 41.6 Å². The smallest absolute Gasteiger partial charge is 0.407 e. The first-order valence-electron chi connectivity index (χ1n) is 13.9. The number of hydrogen-bond acceptors (Lipinski definition) is 8. The second-order valence-electron chi connectivity index (χ2n) is 12.6. The molecule has 43 heavy (non-hydrogen) atoms. The lowest BCUT2D eigenvalue weighted by Gasteiger charge is -2.33. The van der Waals surface area contributed by atoms with Crippen LogP contribution in [-0.2, 0) is 27.9 Å². The maximum absolute atomic E-state index is 15.3. The van der Waals surface area contributed by atoms with Crippen molar-refractivity contribution >= 4 is 17.9 Å². The monoisotopic (exact) mass is 609 g/mol. The van der Waals surface area contributed by atoms with E-state index in [-0.39, 0.29) is 24.2 Å². The third kappa shape index (κ3) is 10.3. The van der Waals surface area contributed by atoms with Crippen LogP contribution in [0.25, 0.3) is 11.3 Å². The fourth-order valence-corrected chi connectivity index (χ4v) is 4.48. The number of aliphatic hydroxyl groups excluding tert-OH is 1. The van der Waals surface area contributed by atoms with E-state index in [1.165, 1.54) is 16.8 Å². The van der Waals surface area contributed by atoms with Gasteiger partial charge in [-0.25, -0.2) is 18.6 Å². The molecule has 0 aliphatic heterocycles. The van der Waals surface area contributed by atoms with E-state index in [9.17, 15) is 19.5 Å². The fourth-order valence-electron chi connectivity index (χ4n) is 4.48. The molecular weight excluding hydrogens is 564 g/mol. The van der Waals surface area contributed by atoms with Crippen LogP contribution in [0.1, 0.15) is 47.1 Å². The molecule has 0 spiro atoms. The molecular formula is C29H45F2N7O5. The summed E-state index contributed by atoms with van der Waals surface area (Å²) in [6, 6.07) is 2.28. The van der Waals surface area contributed by atoms with Gasteiger partial charge in [0.05, 0.1) is 24.9 Å². The molecule has 12 nitrogen and oxygen atoms in total. The summed E-state index contributed by atoms with van der Waals surface area (Å²) in [5.74, 6) is -2.76. The molecule has 2 aromatic rings. The number of aryl methyl sites for hydroxylation is 1. The number of amides is 3. The summed E-state index contributed by atoms with van der Waals surface area (Å²) in [6.07, 6.45) is -0.413. The highest BCUT2D eigenvalue weighted by Gasteiger charge is 2.34. The van der Waals surface area contributed by atoms with Crippen molar-refractivity contribution in [1.29, 1.82) is 0 Å². The van der Waals surface area contributed by atoms with Crippen molar-refractivity contribution in [3.8, 4) is 11.3 Å². The number of halogens is 2. The van der Waals surface area contributed by atoms with Gasteiger partial charge in [0.25, 0.3) is 5.91 Å². The second kappa shape index (κ2) is 14.7. The molecule has 1 heterocycles. The molecule has 5 N–H and O–H groups in total. The maximum atomic E-state index is 15.3. The molecule has 240 valence electrons. The predicted octanol–water partition coefficient (Wildman–Crippen LogP) is 2.08. The first-order valence-corrected chi connectivity index (χ1v) is 13.9. The Balaban J connectivity index is 2.27. The van der Waals surface area contributed by atoms with E-state index in [0.29, 0.717) is 5.69 Å². The van der Waals surface area contributed by atoms with Crippen molar-refractivity contribution in [2.24, 2.45) is 17.9 Å². The average molecular weight is 610 g/mol. The third-order valence-electron chi connectivity index (χ3n) is 6.70. The van der Waals surface area contributed by atoms with Crippen LogP contribution in [0.15, 0.2) is 24.4 Å². The first kappa shape index (κ1) is 35.6. The van der Waals surface area contributed by atoms with Gasteiger partial charge in [0.1, 0.15) is 17.7 Å². The SMILES string of the molecule is CNC(C(=O)NN(Cc1c(F)cc(-c2ccn(C)n2)cc1F)CC(O)CNC(=O)C(NC(=O)OC)C(C)(C)C)C(C)(C)C. The number of likely N-dealkylation sites (N-methyl/N-ethyl adjacent to an activating group) is 1. The third-order valence-corrected chi connectivity index (χ3v) is 6.70. The Morgan fingerprint density at radius 3 is 2.09 bits per heavy atom. The zero-order chi connectivity index (χ0) is 32.7. The number of rotatable bonds is 12. The Morgan fingerprint density at radius 1 is 1.05 bits per heavy atom. The molecule has 0 aliphatic carbocycles. The van der Waals surface area contributed by atoms with Crippen LogP contribution in [0.5, 0.6) is 0 Å². The average Bonchev–Trinajstić information content (AvgIpc) is 3.32. The van der Waals surface area contributed by atoms with E-state index >= 15 is 8.78 Å². The largest absolute Gasteiger partial charge is 0.453 e. The Kier molecular flexibility index (Phi) is 12.2. The summed E-state index contributed by atoms with van der Waals surface area (Å²) in [7, 11) is 4.48. The fraction of sp³-hybridized carbons (Fsp3) is 0.586. The van der Waals surface area contributed by atoms with Crippen molar-refractivity contribution in [3.63, 3.8) is 0 Å². The van der Waals surface area contributed by atoms with Crippen LogP contribution in [0, 0.1) is 22.5 Å². The summed E-state index contributed by atoms with van der Waals surface area (Å²) in [6.45, 7) is 9.80. The van der Waals surface area contributed by atoms with E-state index in [2.05, 4.69) is 31.2 Å². The number of hydrazine groups is 1. The molecule has 2 rings (SSSR count). The standard InChI is InChI=1S/C29H45F2N7O5/c1-28(2,3)23(32-7)26(41)36-38(15-18(39)14-33-25(40)24(29(4,5)6)34-27(42)43-9)16-19-20(30)12-17(13-21(19)31)22-10-11-37(8)35-22/h10-13,18,23-24,32,39H,14-16H2,1-9H3,(H,33,40)(H,34,42)(H,36,41). The Labute approximate surface area is 251 Å². The highest BCUT2D eigenvalue weighted by atomic mass is 19.1. The van der Waals surface area contributed by atoms with Crippen LogP contribution in [0.3, 0.4) is 0 Å². The second-order valence-corrected chi connectivity index (χ2v) is 12.6. The number of aliphatic hydroxyl groups is 1. The molecule has 3 unspecified atom stereocenters.